The number of carbonyl (C=O) groups is 1. The van der Waals surface area contributed by atoms with Crippen LogP contribution in [-0.2, 0) is 0 Å². The van der Waals surface area contributed by atoms with Gasteiger partial charge in [-0.15, -0.1) is 0 Å². The monoisotopic (exact) mass is 257 g/mol. The smallest absolute Gasteiger partial charge is 0.345 e. The molecule has 2 aromatic rings. The van der Waals surface area contributed by atoms with Gasteiger partial charge in [0.05, 0.1) is 22.2 Å². The zero-order valence-corrected chi connectivity index (χ0v) is 10.0. The number of hydrogen-bond donors (Lipinski definition) is 0. The zero-order valence-electron chi connectivity index (χ0n) is 9.26. The van der Waals surface area contributed by atoms with Crippen molar-refractivity contribution in [3.63, 3.8) is 0 Å². The lowest BCUT2D eigenvalue weighted by molar-refractivity contribution is 0.0735. The van der Waals surface area contributed by atoms with Crippen molar-refractivity contribution in [3.05, 3.63) is 64.7 Å². The molecule has 18 heavy (non-hydrogen) atoms. The molecule has 0 bridgehead atoms. The molecule has 3 nitrogen and oxygen atoms in total. The molecular formula is C14H8ClNO2. The number of hydrogen-bond acceptors (Lipinski definition) is 3. The Kier molecular flexibility index (Phi) is 3.61. The zero-order chi connectivity index (χ0) is 13.0. The van der Waals surface area contributed by atoms with E-state index in [-0.39, 0.29) is 0 Å². The Balaban J connectivity index is 2.17. The molecule has 0 spiro atoms. The van der Waals surface area contributed by atoms with Crippen LogP contribution >= 0.6 is 11.6 Å². The Morgan fingerprint density at radius 1 is 1.11 bits per heavy atom. The third-order valence-electron chi connectivity index (χ3n) is 2.29. The fourth-order valence-electron chi connectivity index (χ4n) is 1.39. The summed E-state index contributed by atoms with van der Waals surface area (Å²) in [4.78, 5) is 11.8. The number of ether oxygens (including phenoxy) is 1. The van der Waals surface area contributed by atoms with E-state index in [0.717, 1.165) is 0 Å². The van der Waals surface area contributed by atoms with E-state index in [4.69, 9.17) is 21.6 Å². The predicted octanol–water partition coefficient (Wildman–Crippen LogP) is 3.43. The van der Waals surface area contributed by atoms with Crippen LogP contribution in [0.2, 0.25) is 5.02 Å². The summed E-state index contributed by atoms with van der Waals surface area (Å²) in [5.74, 6) is -0.149. The summed E-state index contributed by atoms with van der Waals surface area (Å²) in [6, 6.07) is 14.9. The van der Waals surface area contributed by atoms with E-state index in [1.807, 2.05) is 6.07 Å². The number of benzene rings is 2. The molecule has 2 rings (SSSR count). The summed E-state index contributed by atoms with van der Waals surface area (Å²) >= 11 is 5.89. The number of nitrogens with zero attached hydrogens (tertiary/aromatic N) is 1. The van der Waals surface area contributed by atoms with E-state index >= 15 is 0 Å². The molecule has 2 aromatic carbocycles. The highest BCUT2D eigenvalue weighted by Gasteiger charge is 2.11. The van der Waals surface area contributed by atoms with Crippen LogP contribution in [0.5, 0.6) is 5.75 Å². The maximum Gasteiger partial charge on any atom is 0.345 e. The lowest BCUT2D eigenvalue weighted by atomic mass is 10.2. The maximum absolute atomic E-state index is 11.8. The molecule has 0 saturated heterocycles. The van der Waals surface area contributed by atoms with E-state index in [0.29, 0.717) is 21.9 Å². The topological polar surface area (TPSA) is 50.1 Å². The Morgan fingerprint density at radius 2 is 1.78 bits per heavy atom. The van der Waals surface area contributed by atoms with Crippen molar-refractivity contribution >= 4 is 17.6 Å². The van der Waals surface area contributed by atoms with Crippen LogP contribution in [0.1, 0.15) is 15.9 Å². The Bertz CT molecular complexity index is 614. The first-order chi connectivity index (χ1) is 8.70. The third-order valence-corrected chi connectivity index (χ3v) is 2.62. The van der Waals surface area contributed by atoms with Crippen molar-refractivity contribution in [2.45, 2.75) is 0 Å². The average molecular weight is 258 g/mol. The molecule has 0 N–H and O–H groups in total. The van der Waals surface area contributed by atoms with Crippen LogP contribution in [0, 0.1) is 11.3 Å². The first-order valence-corrected chi connectivity index (χ1v) is 5.55. The molecule has 0 fully saturated rings. The second kappa shape index (κ2) is 5.35. The molecule has 88 valence electrons. The molecule has 0 saturated carbocycles. The first-order valence-electron chi connectivity index (χ1n) is 5.17. The molecule has 0 aromatic heterocycles. The Hall–Kier alpha value is -2.31. The summed E-state index contributed by atoms with van der Waals surface area (Å²) in [6.45, 7) is 0. The van der Waals surface area contributed by atoms with Crippen molar-refractivity contribution in [2.75, 3.05) is 0 Å². The second-order valence-corrected chi connectivity index (χ2v) is 3.91. The van der Waals surface area contributed by atoms with Crippen LogP contribution in [0.3, 0.4) is 0 Å². The molecule has 0 amide bonds. The molecular weight excluding hydrogens is 250 g/mol. The van der Waals surface area contributed by atoms with Crippen molar-refractivity contribution in [1.29, 1.82) is 5.26 Å². The molecule has 0 atom stereocenters. The fourth-order valence-corrected chi connectivity index (χ4v) is 1.60. The highest BCUT2D eigenvalue weighted by molar-refractivity contribution is 6.33. The van der Waals surface area contributed by atoms with Gasteiger partial charge in [-0.1, -0.05) is 23.7 Å². The average Bonchev–Trinajstić information content (AvgIpc) is 2.40. The van der Waals surface area contributed by atoms with Crippen molar-refractivity contribution in [2.24, 2.45) is 0 Å². The van der Waals surface area contributed by atoms with Gasteiger partial charge < -0.3 is 4.74 Å². The Morgan fingerprint density at radius 3 is 2.39 bits per heavy atom. The number of rotatable bonds is 2. The van der Waals surface area contributed by atoms with E-state index in [2.05, 4.69) is 0 Å². The summed E-state index contributed by atoms with van der Waals surface area (Å²) in [5, 5.41) is 8.99. The van der Waals surface area contributed by atoms with Gasteiger partial charge in [0.15, 0.2) is 0 Å². The summed E-state index contributed by atoms with van der Waals surface area (Å²) in [7, 11) is 0. The fraction of sp³-hybridized carbons (Fsp3) is 0. The molecule has 0 aliphatic heterocycles. The molecule has 4 heteroatoms. The van der Waals surface area contributed by atoms with Crippen molar-refractivity contribution in [3.8, 4) is 11.8 Å². The normalized spacial score (nSPS) is 9.56. The van der Waals surface area contributed by atoms with Crippen LogP contribution in [0.15, 0.2) is 48.5 Å². The largest absolute Gasteiger partial charge is 0.423 e. The lowest BCUT2D eigenvalue weighted by Gasteiger charge is -2.05. The maximum atomic E-state index is 11.8. The number of halogens is 1. The SMILES string of the molecule is N#Cc1ccc(OC(=O)c2ccccc2Cl)cc1. The van der Waals surface area contributed by atoms with Crippen molar-refractivity contribution in [1.82, 2.24) is 0 Å². The van der Waals surface area contributed by atoms with E-state index < -0.39 is 5.97 Å². The third kappa shape index (κ3) is 2.68. The Labute approximate surface area is 109 Å². The van der Waals surface area contributed by atoms with E-state index in [9.17, 15) is 4.79 Å². The van der Waals surface area contributed by atoms with Crippen LogP contribution in [0.4, 0.5) is 0 Å². The highest BCUT2D eigenvalue weighted by Crippen LogP contribution is 2.18. The van der Waals surface area contributed by atoms with Gasteiger partial charge in [-0.25, -0.2) is 4.79 Å². The second-order valence-electron chi connectivity index (χ2n) is 3.51. The number of carbonyl (C=O) groups excluding carboxylic acids is 1. The molecule has 0 unspecified atom stereocenters. The minimum atomic E-state index is -0.523. The van der Waals surface area contributed by atoms with E-state index in [1.165, 1.54) is 0 Å². The predicted molar refractivity (Wildman–Crippen MR) is 67.6 cm³/mol. The van der Waals surface area contributed by atoms with Crippen LogP contribution in [0.25, 0.3) is 0 Å². The van der Waals surface area contributed by atoms with Crippen molar-refractivity contribution < 1.29 is 9.53 Å². The van der Waals surface area contributed by atoms with Gasteiger partial charge in [0.25, 0.3) is 0 Å². The number of nitriles is 1. The van der Waals surface area contributed by atoms with Gasteiger partial charge in [0.1, 0.15) is 5.75 Å². The van der Waals surface area contributed by atoms with Crippen LogP contribution < -0.4 is 4.74 Å². The minimum absolute atomic E-state index is 0.309. The summed E-state index contributed by atoms with van der Waals surface area (Å²) in [5.41, 5.74) is 0.816. The molecule has 0 radical (unpaired) electrons. The molecule has 0 heterocycles. The molecule has 0 aliphatic rings. The van der Waals surface area contributed by atoms with Crippen LogP contribution in [-0.4, -0.2) is 5.97 Å². The number of esters is 1. The minimum Gasteiger partial charge on any atom is -0.423 e. The standard InChI is InChI=1S/C14H8ClNO2/c15-13-4-2-1-3-12(13)14(17)18-11-7-5-10(9-16)6-8-11/h1-8H. The quantitative estimate of drug-likeness (QED) is 0.612. The van der Waals surface area contributed by atoms with E-state index in [1.54, 1.807) is 48.5 Å². The van der Waals surface area contributed by atoms with Gasteiger partial charge >= 0.3 is 5.97 Å². The summed E-state index contributed by atoms with van der Waals surface area (Å²) < 4.78 is 5.15. The van der Waals surface area contributed by atoms with Gasteiger partial charge in [0, 0.05) is 0 Å². The van der Waals surface area contributed by atoms with Gasteiger partial charge in [0.2, 0.25) is 0 Å². The van der Waals surface area contributed by atoms with Gasteiger partial charge in [-0.2, -0.15) is 5.26 Å². The summed E-state index contributed by atoms with van der Waals surface area (Å²) in [6.07, 6.45) is 0. The lowest BCUT2D eigenvalue weighted by Crippen LogP contribution is -2.08. The van der Waals surface area contributed by atoms with Gasteiger partial charge in [-0.3, -0.25) is 0 Å². The highest BCUT2D eigenvalue weighted by atomic mass is 35.5. The molecule has 0 aliphatic carbocycles. The van der Waals surface area contributed by atoms with Gasteiger partial charge in [-0.05, 0) is 36.4 Å². The first kappa shape index (κ1) is 12.2.